The van der Waals surface area contributed by atoms with Crippen LogP contribution in [0.15, 0.2) is 48.8 Å². The summed E-state index contributed by atoms with van der Waals surface area (Å²) in [5.74, 6) is -1.10. The van der Waals surface area contributed by atoms with Gasteiger partial charge in [0.25, 0.3) is 0 Å². The second-order valence-corrected chi connectivity index (χ2v) is 5.83. The number of hydrogen-bond donors (Lipinski definition) is 1. The lowest BCUT2D eigenvalue weighted by Gasteiger charge is -2.39. The fourth-order valence-electron chi connectivity index (χ4n) is 3.29. The summed E-state index contributed by atoms with van der Waals surface area (Å²) < 4.78 is 13.3. The Labute approximate surface area is 134 Å². The fraction of sp³-hybridized carbons (Fsp3) is 0.333. The molecule has 1 saturated heterocycles. The van der Waals surface area contributed by atoms with Crippen molar-refractivity contribution in [2.45, 2.75) is 31.3 Å². The summed E-state index contributed by atoms with van der Waals surface area (Å²) in [7, 11) is 0. The Morgan fingerprint density at radius 2 is 2.00 bits per heavy atom. The van der Waals surface area contributed by atoms with Crippen LogP contribution in [0.2, 0.25) is 0 Å². The number of pyridine rings is 1. The van der Waals surface area contributed by atoms with Crippen molar-refractivity contribution in [3.63, 3.8) is 0 Å². The zero-order valence-electron chi connectivity index (χ0n) is 12.7. The van der Waals surface area contributed by atoms with Gasteiger partial charge in [-0.25, -0.2) is 4.39 Å². The Morgan fingerprint density at radius 3 is 2.65 bits per heavy atom. The first-order valence-corrected chi connectivity index (χ1v) is 7.81. The molecule has 0 aliphatic carbocycles. The zero-order valence-corrected chi connectivity index (χ0v) is 12.7. The molecular weight excluding hydrogens is 295 g/mol. The lowest BCUT2D eigenvalue weighted by molar-refractivity contribution is -0.145. The third-order valence-corrected chi connectivity index (χ3v) is 4.35. The Bertz CT molecular complexity index is 660. The van der Waals surface area contributed by atoms with Crippen molar-refractivity contribution in [1.29, 1.82) is 0 Å². The zero-order chi connectivity index (χ0) is 16.2. The molecule has 5 heteroatoms. The van der Waals surface area contributed by atoms with Gasteiger partial charge in [0.1, 0.15) is 11.9 Å². The van der Waals surface area contributed by atoms with Gasteiger partial charge in [-0.3, -0.25) is 14.7 Å². The minimum Gasteiger partial charge on any atom is -0.480 e. The molecule has 2 heterocycles. The van der Waals surface area contributed by atoms with Crippen molar-refractivity contribution in [3.05, 3.63) is 65.7 Å². The van der Waals surface area contributed by atoms with Crippen LogP contribution in [0.25, 0.3) is 0 Å². The van der Waals surface area contributed by atoms with Gasteiger partial charge in [0.15, 0.2) is 0 Å². The molecule has 0 spiro atoms. The van der Waals surface area contributed by atoms with E-state index >= 15 is 0 Å². The molecule has 4 nitrogen and oxygen atoms in total. The van der Waals surface area contributed by atoms with Gasteiger partial charge in [-0.15, -0.1) is 0 Å². The monoisotopic (exact) mass is 314 g/mol. The molecular formula is C18H19FN2O2. The number of nitrogens with zero attached hydrogens (tertiary/aromatic N) is 2. The number of carbonyl (C=O) groups is 1. The first-order chi connectivity index (χ1) is 11.2. The van der Waals surface area contributed by atoms with Gasteiger partial charge in [0.2, 0.25) is 0 Å². The molecule has 1 fully saturated rings. The van der Waals surface area contributed by atoms with E-state index in [0.29, 0.717) is 13.0 Å². The van der Waals surface area contributed by atoms with Crippen LogP contribution in [0.1, 0.15) is 36.4 Å². The predicted molar refractivity (Wildman–Crippen MR) is 84.5 cm³/mol. The Morgan fingerprint density at radius 1 is 1.22 bits per heavy atom. The quantitative estimate of drug-likeness (QED) is 0.941. The van der Waals surface area contributed by atoms with Crippen LogP contribution in [-0.2, 0) is 4.79 Å². The lowest BCUT2D eigenvalue weighted by atomic mass is 9.92. The molecule has 1 aliphatic heterocycles. The number of hydrogen-bond acceptors (Lipinski definition) is 3. The van der Waals surface area contributed by atoms with E-state index in [0.717, 1.165) is 24.0 Å². The van der Waals surface area contributed by atoms with E-state index in [4.69, 9.17) is 0 Å². The number of carboxylic acid groups (broad SMARTS) is 1. The normalized spacial score (nSPS) is 20.1. The van der Waals surface area contributed by atoms with Crippen LogP contribution in [0.3, 0.4) is 0 Å². The maximum atomic E-state index is 13.3. The summed E-state index contributed by atoms with van der Waals surface area (Å²) in [5, 5.41) is 9.58. The van der Waals surface area contributed by atoms with Gasteiger partial charge in [0.05, 0.1) is 6.04 Å². The minimum atomic E-state index is -0.805. The summed E-state index contributed by atoms with van der Waals surface area (Å²) in [5.41, 5.74) is 1.81. The summed E-state index contributed by atoms with van der Waals surface area (Å²) in [6.45, 7) is 0.702. The number of aliphatic carboxylic acids is 1. The highest BCUT2D eigenvalue weighted by atomic mass is 19.1. The van der Waals surface area contributed by atoms with E-state index in [-0.39, 0.29) is 11.9 Å². The molecule has 120 valence electrons. The van der Waals surface area contributed by atoms with E-state index in [1.54, 1.807) is 24.5 Å². The van der Waals surface area contributed by atoms with Crippen molar-refractivity contribution >= 4 is 5.97 Å². The molecule has 1 aromatic carbocycles. The molecule has 2 atom stereocenters. The molecule has 0 radical (unpaired) electrons. The smallest absolute Gasteiger partial charge is 0.320 e. The second kappa shape index (κ2) is 6.87. The maximum absolute atomic E-state index is 13.3. The van der Waals surface area contributed by atoms with Crippen molar-refractivity contribution in [3.8, 4) is 0 Å². The van der Waals surface area contributed by atoms with Gasteiger partial charge in [-0.05, 0) is 48.7 Å². The summed E-state index contributed by atoms with van der Waals surface area (Å²) >= 11 is 0. The molecule has 3 rings (SSSR count). The predicted octanol–water partition coefficient (Wildman–Crippen LogP) is 3.25. The molecule has 1 aliphatic rings. The van der Waals surface area contributed by atoms with Crippen LogP contribution in [0.4, 0.5) is 4.39 Å². The number of piperidine rings is 1. The number of carboxylic acids is 1. The Kier molecular flexibility index (Phi) is 4.67. The molecule has 0 saturated carbocycles. The number of benzene rings is 1. The largest absolute Gasteiger partial charge is 0.480 e. The highest BCUT2D eigenvalue weighted by Gasteiger charge is 2.35. The average Bonchev–Trinajstić information content (AvgIpc) is 2.58. The van der Waals surface area contributed by atoms with E-state index in [1.165, 1.54) is 12.1 Å². The van der Waals surface area contributed by atoms with Crippen molar-refractivity contribution in [2.24, 2.45) is 0 Å². The molecule has 2 unspecified atom stereocenters. The molecule has 0 bridgehead atoms. The average molecular weight is 314 g/mol. The fourth-order valence-corrected chi connectivity index (χ4v) is 3.29. The van der Waals surface area contributed by atoms with Crippen LogP contribution in [0.5, 0.6) is 0 Å². The van der Waals surface area contributed by atoms with E-state index < -0.39 is 12.0 Å². The van der Waals surface area contributed by atoms with Gasteiger partial charge in [0, 0.05) is 12.4 Å². The van der Waals surface area contributed by atoms with Crippen LogP contribution < -0.4 is 0 Å². The molecule has 1 N–H and O–H groups in total. The van der Waals surface area contributed by atoms with Crippen LogP contribution in [0, 0.1) is 5.82 Å². The van der Waals surface area contributed by atoms with Crippen molar-refractivity contribution in [2.75, 3.05) is 6.54 Å². The van der Waals surface area contributed by atoms with E-state index in [9.17, 15) is 14.3 Å². The van der Waals surface area contributed by atoms with E-state index in [2.05, 4.69) is 4.98 Å². The van der Waals surface area contributed by atoms with Gasteiger partial charge >= 0.3 is 5.97 Å². The summed E-state index contributed by atoms with van der Waals surface area (Å²) in [6.07, 6.45) is 5.95. The van der Waals surface area contributed by atoms with Crippen LogP contribution in [-0.4, -0.2) is 33.5 Å². The van der Waals surface area contributed by atoms with Gasteiger partial charge < -0.3 is 5.11 Å². The van der Waals surface area contributed by atoms with Gasteiger partial charge in [-0.2, -0.15) is 0 Å². The van der Waals surface area contributed by atoms with Gasteiger partial charge in [-0.1, -0.05) is 24.6 Å². The van der Waals surface area contributed by atoms with E-state index in [1.807, 2.05) is 17.0 Å². The number of halogens is 1. The SMILES string of the molecule is O=C(O)C1CCCCN1C(c1ccc(F)cc1)c1cccnc1. The Hall–Kier alpha value is -2.27. The highest BCUT2D eigenvalue weighted by Crippen LogP contribution is 2.33. The summed E-state index contributed by atoms with van der Waals surface area (Å²) in [6, 6.07) is 9.29. The maximum Gasteiger partial charge on any atom is 0.320 e. The first-order valence-electron chi connectivity index (χ1n) is 7.81. The molecule has 0 amide bonds. The Balaban J connectivity index is 2.04. The molecule has 2 aromatic rings. The summed E-state index contributed by atoms with van der Waals surface area (Å²) in [4.78, 5) is 17.8. The second-order valence-electron chi connectivity index (χ2n) is 5.83. The topological polar surface area (TPSA) is 53.4 Å². The number of aromatic nitrogens is 1. The standard InChI is InChI=1S/C18H19FN2O2/c19-15-8-6-13(7-9-15)17(14-4-3-10-20-12-14)21-11-2-1-5-16(21)18(22)23/h3-4,6-10,12,16-17H,1-2,5,11H2,(H,22,23). The van der Waals surface area contributed by atoms with Crippen molar-refractivity contribution < 1.29 is 14.3 Å². The highest BCUT2D eigenvalue weighted by molar-refractivity contribution is 5.73. The third-order valence-electron chi connectivity index (χ3n) is 4.35. The number of rotatable bonds is 4. The van der Waals surface area contributed by atoms with Crippen molar-refractivity contribution in [1.82, 2.24) is 9.88 Å². The molecule has 1 aromatic heterocycles. The van der Waals surface area contributed by atoms with Crippen LogP contribution >= 0.6 is 0 Å². The first kappa shape index (κ1) is 15.6. The third kappa shape index (κ3) is 3.40. The lowest BCUT2D eigenvalue weighted by Crippen LogP contribution is -2.46. The molecule has 23 heavy (non-hydrogen) atoms. The minimum absolute atomic E-state index is 0.231. The number of likely N-dealkylation sites (tertiary alicyclic amines) is 1.